The molecular weight excluding hydrogens is 404 g/mol. The number of nitrogens with zero attached hydrogens (tertiary/aromatic N) is 1. The van der Waals surface area contributed by atoms with Gasteiger partial charge in [-0.05, 0) is 42.7 Å². The van der Waals surface area contributed by atoms with Crippen LogP contribution in [0.5, 0.6) is 5.75 Å². The molecule has 6 heteroatoms. The molecule has 4 rings (SSSR count). The molecule has 6 nitrogen and oxygen atoms in total. The van der Waals surface area contributed by atoms with Crippen molar-refractivity contribution >= 4 is 5.82 Å². The summed E-state index contributed by atoms with van der Waals surface area (Å²) in [5.41, 5.74) is 5.17. The molecule has 1 atom stereocenters. The van der Waals surface area contributed by atoms with Gasteiger partial charge < -0.3 is 24.1 Å². The third kappa shape index (κ3) is 4.71. The summed E-state index contributed by atoms with van der Waals surface area (Å²) >= 11 is 0. The van der Waals surface area contributed by atoms with Gasteiger partial charge in [0.1, 0.15) is 18.2 Å². The van der Waals surface area contributed by atoms with E-state index in [2.05, 4.69) is 34.1 Å². The first kappa shape index (κ1) is 22.1. The third-order valence-electron chi connectivity index (χ3n) is 5.93. The first-order chi connectivity index (χ1) is 15.6. The lowest BCUT2D eigenvalue weighted by atomic mass is 9.94. The van der Waals surface area contributed by atoms with Gasteiger partial charge in [0.05, 0.1) is 18.4 Å². The van der Waals surface area contributed by atoms with Gasteiger partial charge in [-0.15, -0.1) is 0 Å². The summed E-state index contributed by atoms with van der Waals surface area (Å²) in [6.07, 6.45) is 0.779. The van der Waals surface area contributed by atoms with E-state index in [0.717, 1.165) is 46.9 Å². The number of rotatable bonds is 9. The maximum atomic E-state index is 12.8. The Morgan fingerprint density at radius 3 is 2.66 bits per heavy atom. The van der Waals surface area contributed by atoms with Crippen molar-refractivity contribution in [2.75, 3.05) is 32.7 Å². The molecule has 168 valence electrons. The van der Waals surface area contributed by atoms with Crippen molar-refractivity contribution < 1.29 is 14.2 Å². The van der Waals surface area contributed by atoms with Crippen LogP contribution in [0.25, 0.3) is 11.3 Å². The number of anilines is 1. The Morgan fingerprint density at radius 1 is 1.09 bits per heavy atom. The minimum atomic E-state index is -0.0900. The lowest BCUT2D eigenvalue weighted by Gasteiger charge is -2.28. The molecule has 0 saturated heterocycles. The van der Waals surface area contributed by atoms with Gasteiger partial charge in [0.25, 0.3) is 0 Å². The molecule has 0 radical (unpaired) electrons. The average Bonchev–Trinajstić information content (AvgIpc) is 2.83. The molecule has 1 aliphatic rings. The molecule has 0 fully saturated rings. The SMILES string of the molecule is COC[C@@H](CNc1cc(=O)c(C)c2n1CCc1cc(OCc3ccccc3)ccc1-2)OC. The van der Waals surface area contributed by atoms with Crippen LogP contribution in [0.4, 0.5) is 5.82 Å². The monoisotopic (exact) mass is 434 g/mol. The summed E-state index contributed by atoms with van der Waals surface area (Å²) in [7, 11) is 3.31. The van der Waals surface area contributed by atoms with Crippen LogP contribution < -0.4 is 15.5 Å². The molecule has 1 N–H and O–H groups in total. The first-order valence-corrected chi connectivity index (χ1v) is 10.9. The number of ether oxygens (including phenoxy) is 3. The summed E-state index contributed by atoms with van der Waals surface area (Å²) in [6.45, 7) is 4.27. The van der Waals surface area contributed by atoms with E-state index in [4.69, 9.17) is 14.2 Å². The first-order valence-electron chi connectivity index (χ1n) is 10.9. The zero-order chi connectivity index (χ0) is 22.5. The number of hydrogen-bond donors (Lipinski definition) is 1. The van der Waals surface area contributed by atoms with Crippen molar-refractivity contribution in [2.24, 2.45) is 0 Å². The van der Waals surface area contributed by atoms with Crippen molar-refractivity contribution in [1.29, 1.82) is 0 Å². The highest BCUT2D eigenvalue weighted by atomic mass is 16.5. The fraction of sp³-hybridized carbons (Fsp3) is 0.346. The normalized spacial score (nSPS) is 13.2. The largest absolute Gasteiger partial charge is 0.489 e. The molecule has 0 saturated carbocycles. The predicted octanol–water partition coefficient (Wildman–Crippen LogP) is 4.03. The van der Waals surface area contributed by atoms with E-state index >= 15 is 0 Å². The van der Waals surface area contributed by atoms with Crippen molar-refractivity contribution in [3.8, 4) is 17.0 Å². The molecule has 32 heavy (non-hydrogen) atoms. The number of fused-ring (bicyclic) bond motifs is 3. The third-order valence-corrected chi connectivity index (χ3v) is 5.93. The van der Waals surface area contributed by atoms with Gasteiger partial charge in [-0.3, -0.25) is 4.79 Å². The molecule has 0 unspecified atom stereocenters. The van der Waals surface area contributed by atoms with Gasteiger partial charge in [0.15, 0.2) is 5.43 Å². The van der Waals surface area contributed by atoms with Crippen LogP contribution in [0.15, 0.2) is 59.4 Å². The molecule has 2 heterocycles. The zero-order valence-electron chi connectivity index (χ0n) is 18.9. The van der Waals surface area contributed by atoms with Crippen LogP contribution in [-0.4, -0.2) is 38.0 Å². The maximum Gasteiger partial charge on any atom is 0.187 e. The molecule has 0 bridgehead atoms. The van der Waals surface area contributed by atoms with Crippen molar-refractivity contribution in [2.45, 2.75) is 32.6 Å². The minimum absolute atomic E-state index is 0.0247. The summed E-state index contributed by atoms with van der Waals surface area (Å²) in [6, 6.07) is 18.0. The highest BCUT2D eigenvalue weighted by Crippen LogP contribution is 2.35. The van der Waals surface area contributed by atoms with Crippen molar-refractivity contribution in [1.82, 2.24) is 4.57 Å². The van der Waals surface area contributed by atoms with Gasteiger partial charge >= 0.3 is 0 Å². The van der Waals surface area contributed by atoms with Gasteiger partial charge in [0.2, 0.25) is 0 Å². The second-order valence-electron chi connectivity index (χ2n) is 8.06. The molecule has 1 aromatic heterocycles. The lowest BCUT2D eigenvalue weighted by Crippen LogP contribution is -2.29. The second-order valence-corrected chi connectivity index (χ2v) is 8.06. The van der Waals surface area contributed by atoms with Gasteiger partial charge in [-0.2, -0.15) is 0 Å². The van der Waals surface area contributed by atoms with Crippen molar-refractivity contribution in [3.63, 3.8) is 0 Å². The maximum absolute atomic E-state index is 12.8. The van der Waals surface area contributed by atoms with Gasteiger partial charge in [0, 0.05) is 44.5 Å². The molecular formula is C26H30N2O4. The summed E-state index contributed by atoms with van der Waals surface area (Å²) in [5.74, 6) is 1.65. The fourth-order valence-corrected chi connectivity index (χ4v) is 4.16. The molecule has 3 aromatic rings. The van der Waals surface area contributed by atoms with E-state index in [1.807, 2.05) is 31.2 Å². The van der Waals surface area contributed by atoms with Crippen LogP contribution in [0.1, 0.15) is 16.7 Å². The minimum Gasteiger partial charge on any atom is -0.489 e. The summed E-state index contributed by atoms with van der Waals surface area (Å²) in [4.78, 5) is 12.8. The Kier molecular flexibility index (Phi) is 6.93. The Balaban J connectivity index is 1.60. The lowest BCUT2D eigenvalue weighted by molar-refractivity contribution is 0.0365. The quantitative estimate of drug-likeness (QED) is 0.551. The average molecular weight is 435 g/mol. The van der Waals surface area contributed by atoms with Crippen LogP contribution >= 0.6 is 0 Å². The number of aromatic nitrogens is 1. The molecule has 0 amide bonds. The van der Waals surface area contributed by atoms with Crippen molar-refractivity contribution in [3.05, 3.63) is 81.5 Å². The Hall–Kier alpha value is -3.09. The number of methoxy groups -OCH3 is 2. The van der Waals surface area contributed by atoms with E-state index in [1.54, 1.807) is 20.3 Å². The Labute approximate surface area is 188 Å². The summed E-state index contributed by atoms with van der Waals surface area (Å²) in [5, 5.41) is 3.39. The van der Waals surface area contributed by atoms with E-state index in [0.29, 0.717) is 19.8 Å². The zero-order valence-corrected chi connectivity index (χ0v) is 18.9. The Bertz CT molecular complexity index is 1120. The molecule has 0 spiro atoms. The van der Waals surface area contributed by atoms with E-state index in [9.17, 15) is 4.79 Å². The van der Waals surface area contributed by atoms with Crippen LogP contribution in [0.2, 0.25) is 0 Å². The predicted molar refractivity (Wildman–Crippen MR) is 127 cm³/mol. The molecule has 2 aromatic carbocycles. The summed E-state index contributed by atoms with van der Waals surface area (Å²) < 4.78 is 18.9. The van der Waals surface area contributed by atoms with E-state index in [1.165, 1.54) is 5.56 Å². The second kappa shape index (κ2) is 10.0. The number of hydrogen-bond acceptors (Lipinski definition) is 5. The van der Waals surface area contributed by atoms with Gasteiger partial charge in [-0.1, -0.05) is 30.3 Å². The fourth-order valence-electron chi connectivity index (χ4n) is 4.16. The van der Waals surface area contributed by atoms with E-state index < -0.39 is 0 Å². The number of nitrogens with one attached hydrogen (secondary N) is 1. The highest BCUT2D eigenvalue weighted by Gasteiger charge is 2.22. The number of benzene rings is 2. The number of pyridine rings is 1. The number of aryl methyl sites for hydroxylation is 1. The smallest absolute Gasteiger partial charge is 0.187 e. The molecule has 0 aliphatic carbocycles. The van der Waals surface area contributed by atoms with Crippen LogP contribution in [0, 0.1) is 6.92 Å². The highest BCUT2D eigenvalue weighted by molar-refractivity contribution is 5.72. The van der Waals surface area contributed by atoms with Crippen LogP contribution in [-0.2, 0) is 29.0 Å². The van der Waals surface area contributed by atoms with E-state index in [-0.39, 0.29) is 11.5 Å². The topological polar surface area (TPSA) is 61.7 Å². The Morgan fingerprint density at radius 2 is 1.91 bits per heavy atom. The standard InChI is InChI=1S/C26H30N2O4/c1-18-24(29)14-25(27-15-22(31-3)17-30-2)28-12-11-20-13-21(9-10-23(20)26(18)28)32-16-19-7-5-4-6-8-19/h4-10,13-14,22,27H,11-12,15-17H2,1-3H3/t22-/m1/s1. The van der Waals surface area contributed by atoms with Gasteiger partial charge in [-0.25, -0.2) is 0 Å². The molecule has 1 aliphatic heterocycles. The van der Waals surface area contributed by atoms with Crippen LogP contribution in [0.3, 0.4) is 0 Å².